The molecular formula is C35H27NO8. The van der Waals surface area contributed by atoms with Crippen molar-refractivity contribution < 1.29 is 33.6 Å². The largest absolute Gasteiger partial charge is 0.423 e. The smallest absolute Gasteiger partial charge is 0.338 e. The molecule has 0 aromatic heterocycles. The molecule has 0 aliphatic heterocycles. The van der Waals surface area contributed by atoms with Crippen LogP contribution in [0.25, 0.3) is 0 Å². The highest BCUT2D eigenvalue weighted by atomic mass is 16.6. The van der Waals surface area contributed by atoms with Crippen LogP contribution in [0.1, 0.15) is 50.8 Å². The van der Waals surface area contributed by atoms with E-state index in [9.17, 15) is 29.3 Å². The molecule has 9 nitrogen and oxygen atoms in total. The number of ketones is 2. The summed E-state index contributed by atoms with van der Waals surface area (Å²) in [6, 6.07) is 24.5. The molecule has 0 unspecified atom stereocenters. The fourth-order valence-electron chi connectivity index (χ4n) is 4.08. The SMILES string of the molecule is C=C(C)C(=O)Oc1ccc(C(=O)c2cccc(CCC(=C)C(=O)Oc3ccc(C(=O)c4cccc([N+](=O)[O-])c4)cc3)c2)cc1. The summed E-state index contributed by atoms with van der Waals surface area (Å²) >= 11 is 0. The Morgan fingerprint density at radius 1 is 0.682 bits per heavy atom. The fraction of sp³-hybridized carbons (Fsp3) is 0.0857. The van der Waals surface area contributed by atoms with Crippen molar-refractivity contribution in [2.45, 2.75) is 19.8 Å². The van der Waals surface area contributed by atoms with Crippen LogP contribution in [0, 0.1) is 10.1 Å². The lowest BCUT2D eigenvalue weighted by atomic mass is 9.98. The Labute approximate surface area is 253 Å². The first-order valence-electron chi connectivity index (χ1n) is 13.4. The number of hydrogen-bond acceptors (Lipinski definition) is 8. The Morgan fingerprint density at radius 2 is 1.18 bits per heavy atom. The van der Waals surface area contributed by atoms with E-state index in [2.05, 4.69) is 13.2 Å². The molecule has 0 radical (unpaired) electrons. The van der Waals surface area contributed by atoms with Gasteiger partial charge in [0.1, 0.15) is 11.5 Å². The van der Waals surface area contributed by atoms with Crippen molar-refractivity contribution in [2.24, 2.45) is 0 Å². The maximum absolute atomic E-state index is 13.0. The molecule has 0 amide bonds. The first kappa shape index (κ1) is 31.0. The standard InChI is InChI=1S/C35H27NO8/c1-22(2)34(39)43-30-16-12-25(13-17-30)32(37)27-7-4-6-24(20-27)11-10-23(3)35(40)44-31-18-14-26(15-19-31)33(38)28-8-5-9-29(21-28)36(41)42/h4-9,12-21H,1,3,10-11H2,2H3. The van der Waals surface area contributed by atoms with Crippen LogP contribution in [0.4, 0.5) is 5.69 Å². The van der Waals surface area contributed by atoms with Crippen LogP contribution in [0.2, 0.25) is 0 Å². The number of non-ortho nitro benzene ring substituents is 1. The van der Waals surface area contributed by atoms with E-state index in [0.717, 1.165) is 5.56 Å². The van der Waals surface area contributed by atoms with Crippen molar-refractivity contribution in [3.05, 3.63) is 159 Å². The average molecular weight is 590 g/mol. The Balaban J connectivity index is 1.32. The Morgan fingerprint density at radius 3 is 1.70 bits per heavy atom. The van der Waals surface area contributed by atoms with Crippen molar-refractivity contribution in [3.8, 4) is 11.5 Å². The van der Waals surface area contributed by atoms with Crippen LogP contribution in [-0.4, -0.2) is 28.4 Å². The van der Waals surface area contributed by atoms with Gasteiger partial charge in [0.15, 0.2) is 11.6 Å². The number of aryl methyl sites for hydroxylation is 1. The van der Waals surface area contributed by atoms with Crippen molar-refractivity contribution in [2.75, 3.05) is 0 Å². The third-order valence-electron chi connectivity index (χ3n) is 6.52. The molecule has 0 saturated heterocycles. The lowest BCUT2D eigenvalue weighted by molar-refractivity contribution is -0.384. The normalized spacial score (nSPS) is 10.4. The summed E-state index contributed by atoms with van der Waals surface area (Å²) in [4.78, 5) is 60.5. The number of hydrogen-bond donors (Lipinski definition) is 0. The van der Waals surface area contributed by atoms with Crippen molar-refractivity contribution in [1.29, 1.82) is 0 Å². The van der Waals surface area contributed by atoms with Gasteiger partial charge in [0.2, 0.25) is 0 Å². The van der Waals surface area contributed by atoms with E-state index >= 15 is 0 Å². The number of ether oxygens (including phenoxy) is 2. The minimum atomic E-state index is -0.637. The average Bonchev–Trinajstić information content (AvgIpc) is 3.03. The lowest BCUT2D eigenvalue weighted by Gasteiger charge is -2.09. The van der Waals surface area contributed by atoms with Gasteiger partial charge < -0.3 is 9.47 Å². The minimum Gasteiger partial charge on any atom is -0.423 e. The zero-order chi connectivity index (χ0) is 31.8. The molecule has 9 heteroatoms. The number of carbonyl (C=O) groups is 4. The van der Waals surface area contributed by atoms with Gasteiger partial charge in [-0.3, -0.25) is 19.7 Å². The van der Waals surface area contributed by atoms with Crippen molar-refractivity contribution in [3.63, 3.8) is 0 Å². The quantitative estimate of drug-likeness (QED) is 0.0449. The van der Waals surface area contributed by atoms with E-state index in [-0.39, 0.29) is 45.9 Å². The van der Waals surface area contributed by atoms with Crippen LogP contribution in [0.5, 0.6) is 11.5 Å². The molecule has 220 valence electrons. The molecular weight excluding hydrogens is 562 g/mol. The topological polar surface area (TPSA) is 130 Å². The summed E-state index contributed by atoms with van der Waals surface area (Å²) in [5.74, 6) is -1.29. The molecule has 44 heavy (non-hydrogen) atoms. The number of carbonyl (C=O) groups excluding carboxylic acids is 4. The molecule has 0 saturated carbocycles. The van der Waals surface area contributed by atoms with E-state index < -0.39 is 22.6 Å². The number of nitrogens with zero attached hydrogens (tertiary/aromatic N) is 1. The highest BCUT2D eigenvalue weighted by molar-refractivity contribution is 6.10. The van der Waals surface area contributed by atoms with Gasteiger partial charge in [-0.05, 0) is 79.9 Å². The molecule has 4 aromatic rings. The molecule has 4 aromatic carbocycles. The van der Waals surface area contributed by atoms with Crippen LogP contribution in [0.15, 0.2) is 121 Å². The van der Waals surface area contributed by atoms with Gasteiger partial charge in [0.05, 0.1) is 4.92 Å². The van der Waals surface area contributed by atoms with Crippen molar-refractivity contribution >= 4 is 29.2 Å². The predicted molar refractivity (Wildman–Crippen MR) is 163 cm³/mol. The summed E-state index contributed by atoms with van der Waals surface area (Å²) in [6.45, 7) is 8.91. The van der Waals surface area contributed by atoms with Gasteiger partial charge in [0.25, 0.3) is 5.69 Å². The first-order chi connectivity index (χ1) is 21.0. The number of esters is 2. The van der Waals surface area contributed by atoms with E-state index in [1.165, 1.54) is 60.7 Å². The molecule has 0 aliphatic rings. The third-order valence-corrected chi connectivity index (χ3v) is 6.52. The molecule has 0 spiro atoms. The highest BCUT2D eigenvalue weighted by Crippen LogP contribution is 2.21. The second kappa shape index (κ2) is 13.8. The number of rotatable bonds is 12. The van der Waals surface area contributed by atoms with Crippen LogP contribution in [0.3, 0.4) is 0 Å². The Hall–Kier alpha value is -5.96. The maximum atomic E-state index is 13.0. The maximum Gasteiger partial charge on any atom is 0.338 e. The van der Waals surface area contributed by atoms with E-state index in [1.807, 2.05) is 6.07 Å². The summed E-state index contributed by atoms with van der Waals surface area (Å²) in [5.41, 5.74) is 2.45. The summed E-state index contributed by atoms with van der Waals surface area (Å²) in [6.07, 6.45) is 0.712. The van der Waals surface area contributed by atoms with Crippen molar-refractivity contribution in [1.82, 2.24) is 0 Å². The monoisotopic (exact) mass is 589 g/mol. The van der Waals surface area contributed by atoms with E-state index in [4.69, 9.17) is 9.47 Å². The van der Waals surface area contributed by atoms with Gasteiger partial charge in [-0.2, -0.15) is 0 Å². The van der Waals surface area contributed by atoms with Crippen LogP contribution in [-0.2, 0) is 16.0 Å². The summed E-state index contributed by atoms with van der Waals surface area (Å²) in [7, 11) is 0. The fourth-order valence-corrected chi connectivity index (χ4v) is 4.08. The molecule has 0 fully saturated rings. The van der Waals surface area contributed by atoms with Gasteiger partial charge in [-0.1, -0.05) is 43.5 Å². The first-order valence-corrected chi connectivity index (χ1v) is 13.4. The third kappa shape index (κ3) is 7.86. The lowest BCUT2D eigenvalue weighted by Crippen LogP contribution is -2.11. The Kier molecular flexibility index (Phi) is 9.72. The van der Waals surface area contributed by atoms with Gasteiger partial charge in [-0.25, -0.2) is 9.59 Å². The van der Waals surface area contributed by atoms with Gasteiger partial charge in [0, 0.05) is 45.5 Å². The van der Waals surface area contributed by atoms with Crippen LogP contribution >= 0.6 is 0 Å². The zero-order valence-electron chi connectivity index (χ0n) is 23.8. The number of nitro groups is 1. The molecule has 0 heterocycles. The molecule has 0 atom stereocenters. The second-order valence-corrected chi connectivity index (χ2v) is 9.88. The van der Waals surface area contributed by atoms with Gasteiger partial charge >= 0.3 is 11.9 Å². The molecule has 0 bridgehead atoms. The van der Waals surface area contributed by atoms with E-state index in [0.29, 0.717) is 23.3 Å². The summed E-state index contributed by atoms with van der Waals surface area (Å²) < 4.78 is 10.6. The van der Waals surface area contributed by atoms with Gasteiger partial charge in [-0.15, -0.1) is 0 Å². The summed E-state index contributed by atoms with van der Waals surface area (Å²) in [5, 5.41) is 11.0. The molecule has 0 N–H and O–H groups in total. The number of nitro benzene ring substituents is 1. The predicted octanol–water partition coefficient (Wildman–Crippen LogP) is 6.63. The zero-order valence-corrected chi connectivity index (χ0v) is 23.8. The van der Waals surface area contributed by atoms with E-state index in [1.54, 1.807) is 37.3 Å². The Bertz CT molecular complexity index is 1790. The highest BCUT2D eigenvalue weighted by Gasteiger charge is 2.16. The van der Waals surface area contributed by atoms with Crippen LogP contribution < -0.4 is 9.47 Å². The minimum absolute atomic E-state index is 0.169. The number of benzene rings is 4. The molecule has 0 aliphatic carbocycles. The molecule has 4 rings (SSSR count). The second-order valence-electron chi connectivity index (χ2n) is 9.88.